The van der Waals surface area contributed by atoms with Gasteiger partial charge in [0.05, 0.1) is 13.2 Å². The van der Waals surface area contributed by atoms with Crippen molar-refractivity contribution in [3.05, 3.63) is 59.7 Å². The zero-order valence-electron chi connectivity index (χ0n) is 16.1. The average molecular weight is 367 g/mol. The molecule has 1 saturated carbocycles. The van der Waals surface area contributed by atoms with E-state index in [2.05, 4.69) is 17.0 Å². The molecule has 0 aromatic heterocycles. The van der Waals surface area contributed by atoms with Crippen LogP contribution in [0.5, 0.6) is 11.5 Å². The Morgan fingerprint density at radius 2 is 1.85 bits per heavy atom. The molecule has 2 aromatic rings. The van der Waals surface area contributed by atoms with Crippen molar-refractivity contribution in [1.82, 2.24) is 4.90 Å². The quantitative estimate of drug-likeness (QED) is 0.834. The first kappa shape index (κ1) is 18.3. The highest BCUT2D eigenvalue weighted by atomic mass is 16.5. The van der Waals surface area contributed by atoms with E-state index < -0.39 is 5.60 Å². The van der Waals surface area contributed by atoms with Crippen LogP contribution in [0.2, 0.25) is 0 Å². The highest BCUT2D eigenvalue weighted by Crippen LogP contribution is 2.35. The van der Waals surface area contributed by atoms with E-state index >= 15 is 0 Å². The molecule has 0 unspecified atom stereocenters. The molecule has 4 heteroatoms. The van der Waals surface area contributed by atoms with Crippen LogP contribution in [-0.2, 0) is 12.1 Å². The minimum Gasteiger partial charge on any atom is -0.493 e. The zero-order valence-corrected chi connectivity index (χ0v) is 16.1. The molecule has 0 bridgehead atoms. The van der Waals surface area contributed by atoms with Crippen molar-refractivity contribution in [3.8, 4) is 11.5 Å². The maximum Gasteiger partial charge on any atom is 0.161 e. The molecule has 2 aliphatic rings. The van der Waals surface area contributed by atoms with E-state index in [1.54, 1.807) is 7.11 Å². The highest BCUT2D eigenvalue weighted by molar-refractivity contribution is 5.43. The van der Waals surface area contributed by atoms with Crippen molar-refractivity contribution in [2.45, 2.75) is 50.4 Å². The van der Waals surface area contributed by atoms with E-state index in [1.165, 1.54) is 18.4 Å². The Bertz CT molecular complexity index is 757. The molecule has 1 atom stereocenters. The topological polar surface area (TPSA) is 41.9 Å². The van der Waals surface area contributed by atoms with E-state index in [4.69, 9.17) is 9.47 Å². The second-order valence-electron chi connectivity index (χ2n) is 7.87. The summed E-state index contributed by atoms with van der Waals surface area (Å²) in [5.74, 6) is 1.65. The number of methoxy groups -OCH3 is 1. The first-order chi connectivity index (χ1) is 13.2. The van der Waals surface area contributed by atoms with Crippen LogP contribution in [-0.4, -0.2) is 36.3 Å². The van der Waals surface area contributed by atoms with Crippen molar-refractivity contribution >= 4 is 0 Å². The molecule has 4 nitrogen and oxygen atoms in total. The van der Waals surface area contributed by atoms with Gasteiger partial charge in [-0.05, 0) is 55.4 Å². The summed E-state index contributed by atoms with van der Waals surface area (Å²) in [6.45, 7) is 2.34. The first-order valence-corrected chi connectivity index (χ1v) is 10.0. The van der Waals surface area contributed by atoms with Crippen LogP contribution >= 0.6 is 0 Å². The molecule has 0 spiro atoms. The van der Waals surface area contributed by atoms with E-state index in [0.29, 0.717) is 12.6 Å². The third kappa shape index (κ3) is 4.12. The molecule has 1 aliphatic heterocycles. The lowest BCUT2D eigenvalue weighted by molar-refractivity contribution is 0.0453. The molecule has 1 heterocycles. The van der Waals surface area contributed by atoms with Gasteiger partial charge >= 0.3 is 0 Å². The SMILES string of the molecule is COc1cc(CN2CC[C@](O)(c3ccccc3)C2)ccc1OC1CCCC1. The maximum atomic E-state index is 11.0. The van der Waals surface area contributed by atoms with Gasteiger partial charge in [-0.25, -0.2) is 0 Å². The number of hydrogen-bond acceptors (Lipinski definition) is 4. The molecule has 1 aliphatic carbocycles. The van der Waals surface area contributed by atoms with Crippen molar-refractivity contribution < 1.29 is 14.6 Å². The van der Waals surface area contributed by atoms with Gasteiger partial charge in [-0.1, -0.05) is 36.4 Å². The molecule has 2 fully saturated rings. The number of likely N-dealkylation sites (tertiary alicyclic amines) is 1. The number of rotatable bonds is 6. The average Bonchev–Trinajstić information content (AvgIpc) is 3.34. The maximum absolute atomic E-state index is 11.0. The van der Waals surface area contributed by atoms with E-state index in [-0.39, 0.29) is 0 Å². The van der Waals surface area contributed by atoms with Crippen LogP contribution in [0.3, 0.4) is 0 Å². The lowest BCUT2D eigenvalue weighted by Crippen LogP contribution is -2.30. The van der Waals surface area contributed by atoms with Gasteiger partial charge in [0.25, 0.3) is 0 Å². The minimum atomic E-state index is -0.753. The van der Waals surface area contributed by atoms with Gasteiger partial charge in [0, 0.05) is 19.6 Å². The standard InChI is InChI=1S/C23H29NO3/c1-26-22-15-18(11-12-21(22)27-20-9-5-6-10-20)16-24-14-13-23(25,17-24)19-7-3-2-4-8-19/h2-4,7-8,11-12,15,20,25H,5-6,9-10,13-14,16-17H2,1H3/t23-/m1/s1. The Morgan fingerprint density at radius 3 is 2.59 bits per heavy atom. The lowest BCUT2D eigenvalue weighted by atomic mass is 9.93. The predicted molar refractivity (Wildman–Crippen MR) is 106 cm³/mol. The normalized spacial score (nSPS) is 23.6. The van der Waals surface area contributed by atoms with Gasteiger partial charge in [0.2, 0.25) is 0 Å². The summed E-state index contributed by atoms with van der Waals surface area (Å²) in [4.78, 5) is 2.30. The summed E-state index contributed by atoms with van der Waals surface area (Å²) in [7, 11) is 1.70. The van der Waals surface area contributed by atoms with Gasteiger partial charge in [-0.15, -0.1) is 0 Å². The van der Waals surface area contributed by atoms with Gasteiger partial charge in [-0.2, -0.15) is 0 Å². The molecular formula is C23H29NO3. The summed E-state index contributed by atoms with van der Waals surface area (Å²) in [6.07, 6.45) is 5.86. The second kappa shape index (κ2) is 7.91. The number of nitrogens with zero attached hydrogens (tertiary/aromatic N) is 1. The van der Waals surface area contributed by atoms with Crippen molar-refractivity contribution in [3.63, 3.8) is 0 Å². The van der Waals surface area contributed by atoms with Crippen LogP contribution in [0.15, 0.2) is 48.5 Å². The van der Waals surface area contributed by atoms with Crippen molar-refractivity contribution in [1.29, 1.82) is 0 Å². The van der Waals surface area contributed by atoms with Crippen LogP contribution in [0.1, 0.15) is 43.2 Å². The number of aliphatic hydroxyl groups is 1. The Balaban J connectivity index is 1.42. The number of hydrogen-bond donors (Lipinski definition) is 1. The summed E-state index contributed by atoms with van der Waals surface area (Å²) in [6, 6.07) is 16.2. The molecule has 27 heavy (non-hydrogen) atoms. The van der Waals surface area contributed by atoms with Crippen molar-refractivity contribution in [2.24, 2.45) is 0 Å². The molecule has 1 N–H and O–H groups in total. The molecule has 2 aromatic carbocycles. The van der Waals surface area contributed by atoms with E-state index in [9.17, 15) is 5.11 Å². The van der Waals surface area contributed by atoms with Crippen LogP contribution < -0.4 is 9.47 Å². The van der Waals surface area contributed by atoms with Gasteiger partial charge in [0.15, 0.2) is 11.5 Å². The minimum absolute atomic E-state index is 0.323. The number of ether oxygens (including phenoxy) is 2. The Hall–Kier alpha value is -2.04. The molecular weight excluding hydrogens is 338 g/mol. The predicted octanol–water partition coefficient (Wildman–Crippen LogP) is 4.11. The number of β-amino-alcohol motifs (C(OH)–C–C–N with tert-alkyl or cyclic N) is 1. The van der Waals surface area contributed by atoms with Crippen LogP contribution in [0.25, 0.3) is 0 Å². The number of benzene rings is 2. The smallest absolute Gasteiger partial charge is 0.161 e. The molecule has 1 saturated heterocycles. The van der Waals surface area contributed by atoms with E-state index in [0.717, 1.165) is 49.4 Å². The van der Waals surface area contributed by atoms with Gasteiger partial charge in [-0.3, -0.25) is 4.90 Å². The van der Waals surface area contributed by atoms with E-state index in [1.807, 2.05) is 36.4 Å². The van der Waals surface area contributed by atoms with Gasteiger partial charge < -0.3 is 14.6 Å². The van der Waals surface area contributed by atoms with Crippen molar-refractivity contribution in [2.75, 3.05) is 20.2 Å². The Morgan fingerprint density at radius 1 is 1.07 bits per heavy atom. The first-order valence-electron chi connectivity index (χ1n) is 10.0. The largest absolute Gasteiger partial charge is 0.493 e. The fourth-order valence-electron chi connectivity index (χ4n) is 4.34. The summed E-state index contributed by atoms with van der Waals surface area (Å²) in [5, 5.41) is 11.0. The summed E-state index contributed by atoms with van der Waals surface area (Å²) >= 11 is 0. The molecule has 144 valence electrons. The Labute approximate surface area is 161 Å². The fraction of sp³-hybridized carbons (Fsp3) is 0.478. The lowest BCUT2D eigenvalue weighted by Gasteiger charge is -2.24. The zero-order chi connectivity index (χ0) is 18.7. The highest BCUT2D eigenvalue weighted by Gasteiger charge is 2.37. The van der Waals surface area contributed by atoms with Crippen LogP contribution in [0.4, 0.5) is 0 Å². The molecule has 0 amide bonds. The summed E-state index contributed by atoms with van der Waals surface area (Å²) in [5.41, 5.74) is 1.44. The summed E-state index contributed by atoms with van der Waals surface area (Å²) < 4.78 is 11.7. The molecule has 0 radical (unpaired) electrons. The van der Waals surface area contributed by atoms with Gasteiger partial charge in [0.1, 0.15) is 5.60 Å². The second-order valence-corrected chi connectivity index (χ2v) is 7.87. The third-order valence-corrected chi connectivity index (χ3v) is 5.87. The Kier molecular flexibility index (Phi) is 5.37. The molecule has 4 rings (SSSR count). The van der Waals surface area contributed by atoms with Crippen LogP contribution in [0, 0.1) is 0 Å². The fourth-order valence-corrected chi connectivity index (χ4v) is 4.34. The third-order valence-electron chi connectivity index (χ3n) is 5.87. The monoisotopic (exact) mass is 367 g/mol.